The summed E-state index contributed by atoms with van der Waals surface area (Å²) in [5.74, 6) is -0.604. The van der Waals surface area contributed by atoms with Gasteiger partial charge < -0.3 is 15.3 Å². The van der Waals surface area contributed by atoms with Crippen LogP contribution in [0.2, 0.25) is 0 Å². The molecule has 0 spiro atoms. The molecule has 0 aromatic heterocycles. The van der Waals surface area contributed by atoms with E-state index in [1.165, 1.54) is 0 Å². The Morgan fingerprint density at radius 1 is 1.14 bits per heavy atom. The Morgan fingerprint density at radius 2 is 1.82 bits per heavy atom. The Kier molecular flexibility index (Phi) is 6.15. The quantitative estimate of drug-likeness (QED) is 0.807. The van der Waals surface area contributed by atoms with E-state index in [2.05, 4.69) is 5.32 Å². The van der Waals surface area contributed by atoms with Crippen molar-refractivity contribution in [2.75, 3.05) is 6.54 Å². The Hall–Kier alpha value is -2.66. The zero-order chi connectivity index (χ0) is 20.3. The van der Waals surface area contributed by atoms with Crippen LogP contribution in [0, 0.1) is 0 Å². The molecule has 1 aliphatic heterocycles. The van der Waals surface area contributed by atoms with Crippen LogP contribution < -0.4 is 5.32 Å². The number of carbonyl (C=O) groups is 2. The van der Waals surface area contributed by atoms with Gasteiger partial charge in [0.1, 0.15) is 0 Å². The number of nitrogens with zero attached hydrogens (tertiary/aromatic N) is 1. The van der Waals surface area contributed by atoms with Crippen molar-refractivity contribution < 1.29 is 14.7 Å². The monoisotopic (exact) mass is 380 g/mol. The molecule has 0 aliphatic carbocycles. The number of rotatable bonds is 6. The first-order valence-corrected chi connectivity index (χ1v) is 9.88. The van der Waals surface area contributed by atoms with E-state index in [0.717, 1.165) is 23.1 Å². The summed E-state index contributed by atoms with van der Waals surface area (Å²) in [5, 5.41) is 12.4. The molecule has 2 aromatic carbocycles. The molecule has 0 saturated carbocycles. The molecule has 3 rings (SSSR count). The molecule has 5 nitrogen and oxygen atoms in total. The van der Waals surface area contributed by atoms with Crippen molar-refractivity contribution in [3.63, 3.8) is 0 Å². The first-order chi connectivity index (χ1) is 13.5. The van der Waals surface area contributed by atoms with Crippen molar-refractivity contribution in [1.82, 2.24) is 10.2 Å². The van der Waals surface area contributed by atoms with E-state index >= 15 is 0 Å². The summed E-state index contributed by atoms with van der Waals surface area (Å²) in [7, 11) is 0. The fraction of sp³-hybridized carbons (Fsp3) is 0.391. The van der Waals surface area contributed by atoms with Crippen LogP contribution in [-0.2, 0) is 11.4 Å². The van der Waals surface area contributed by atoms with Crippen molar-refractivity contribution >= 4 is 11.8 Å². The summed E-state index contributed by atoms with van der Waals surface area (Å²) >= 11 is 0. The van der Waals surface area contributed by atoms with Crippen LogP contribution in [0.3, 0.4) is 0 Å². The molecule has 2 amide bonds. The summed E-state index contributed by atoms with van der Waals surface area (Å²) in [6, 6.07) is 14.5. The van der Waals surface area contributed by atoms with Crippen molar-refractivity contribution in [2.45, 2.75) is 51.8 Å². The Labute approximate surface area is 166 Å². The molecule has 1 aliphatic rings. The van der Waals surface area contributed by atoms with Crippen molar-refractivity contribution in [3.05, 3.63) is 70.8 Å². The van der Waals surface area contributed by atoms with E-state index in [1.54, 1.807) is 6.07 Å². The molecule has 28 heavy (non-hydrogen) atoms. The molecule has 0 fully saturated rings. The third-order valence-corrected chi connectivity index (χ3v) is 5.27. The van der Waals surface area contributed by atoms with Crippen LogP contribution >= 0.6 is 0 Å². The minimum atomic E-state index is -0.483. The van der Waals surface area contributed by atoms with E-state index in [-0.39, 0.29) is 24.5 Å². The van der Waals surface area contributed by atoms with Gasteiger partial charge in [-0.1, -0.05) is 49.4 Å². The van der Waals surface area contributed by atoms with Gasteiger partial charge in [-0.2, -0.15) is 0 Å². The summed E-state index contributed by atoms with van der Waals surface area (Å²) in [6.07, 6.45) is 0.850. The molecule has 0 radical (unpaired) electrons. The van der Waals surface area contributed by atoms with Gasteiger partial charge in [-0.05, 0) is 43.0 Å². The highest BCUT2D eigenvalue weighted by Crippen LogP contribution is 2.43. The van der Waals surface area contributed by atoms with Gasteiger partial charge in [0.25, 0.3) is 5.91 Å². The Morgan fingerprint density at radius 3 is 2.43 bits per heavy atom. The van der Waals surface area contributed by atoms with Crippen LogP contribution in [-0.4, -0.2) is 34.4 Å². The summed E-state index contributed by atoms with van der Waals surface area (Å²) < 4.78 is 0. The largest absolute Gasteiger partial charge is 0.392 e. The molecule has 5 heteroatoms. The molecule has 2 N–H and O–H groups in total. The van der Waals surface area contributed by atoms with Gasteiger partial charge in [-0.15, -0.1) is 0 Å². The molecule has 0 bridgehead atoms. The lowest BCUT2D eigenvalue weighted by Crippen LogP contribution is -2.50. The second-order valence-corrected chi connectivity index (χ2v) is 7.51. The summed E-state index contributed by atoms with van der Waals surface area (Å²) in [6.45, 7) is 6.53. The molecule has 0 saturated heterocycles. The Balaban J connectivity index is 2.16. The van der Waals surface area contributed by atoms with Crippen LogP contribution in [0.15, 0.2) is 48.5 Å². The number of aliphatic hydroxyl groups is 1. The molecule has 2 aromatic rings. The highest BCUT2D eigenvalue weighted by molar-refractivity contribution is 6.01. The van der Waals surface area contributed by atoms with Gasteiger partial charge in [0.15, 0.2) is 0 Å². The minimum Gasteiger partial charge on any atom is -0.392 e. The maximum atomic E-state index is 13.3. The first kappa shape index (κ1) is 20.1. The maximum absolute atomic E-state index is 13.3. The molecule has 1 heterocycles. The normalized spacial score (nSPS) is 18.9. The van der Waals surface area contributed by atoms with Crippen molar-refractivity contribution in [1.29, 1.82) is 0 Å². The van der Waals surface area contributed by atoms with Gasteiger partial charge >= 0.3 is 0 Å². The third-order valence-electron chi connectivity index (χ3n) is 5.27. The lowest BCUT2D eigenvalue weighted by Gasteiger charge is -2.44. The first-order valence-electron chi connectivity index (χ1n) is 9.88. The van der Waals surface area contributed by atoms with Gasteiger partial charge in [-0.25, -0.2) is 0 Å². The van der Waals surface area contributed by atoms with Gasteiger partial charge in [0.2, 0.25) is 5.91 Å². The smallest absolute Gasteiger partial charge is 0.254 e. The van der Waals surface area contributed by atoms with Crippen LogP contribution in [0.5, 0.6) is 0 Å². The predicted octanol–water partition coefficient (Wildman–Crippen LogP) is 3.39. The predicted molar refractivity (Wildman–Crippen MR) is 109 cm³/mol. The third kappa shape index (κ3) is 3.67. The van der Waals surface area contributed by atoms with Crippen LogP contribution in [0.4, 0.5) is 0 Å². The SMILES string of the molecule is CCCNC(=O)[C@@H]1c2ccccc2C(=O)N(C(C)C)[C@H]1c1ccc(CO)cc1. The van der Waals surface area contributed by atoms with Crippen LogP contribution in [0.25, 0.3) is 0 Å². The van der Waals surface area contributed by atoms with E-state index < -0.39 is 12.0 Å². The average molecular weight is 380 g/mol. The van der Waals surface area contributed by atoms with E-state index in [4.69, 9.17) is 0 Å². The number of benzene rings is 2. The number of hydrogen-bond acceptors (Lipinski definition) is 3. The second kappa shape index (κ2) is 8.57. The molecule has 148 valence electrons. The van der Waals surface area contributed by atoms with E-state index in [0.29, 0.717) is 12.1 Å². The number of fused-ring (bicyclic) bond motifs is 1. The minimum absolute atomic E-state index is 0.0407. The molecule has 2 atom stereocenters. The maximum Gasteiger partial charge on any atom is 0.254 e. The van der Waals surface area contributed by atoms with Gasteiger partial charge in [0, 0.05) is 18.2 Å². The number of carbonyl (C=O) groups excluding carboxylic acids is 2. The topological polar surface area (TPSA) is 69.6 Å². The summed E-state index contributed by atoms with van der Waals surface area (Å²) in [5.41, 5.74) is 3.06. The number of amides is 2. The fourth-order valence-corrected chi connectivity index (χ4v) is 3.93. The molecule has 0 unspecified atom stereocenters. The fourth-order valence-electron chi connectivity index (χ4n) is 3.93. The highest BCUT2D eigenvalue weighted by Gasteiger charge is 2.44. The van der Waals surface area contributed by atoms with Gasteiger partial charge in [0.05, 0.1) is 18.6 Å². The zero-order valence-corrected chi connectivity index (χ0v) is 16.7. The highest BCUT2D eigenvalue weighted by atomic mass is 16.3. The second-order valence-electron chi connectivity index (χ2n) is 7.51. The van der Waals surface area contributed by atoms with Crippen molar-refractivity contribution in [3.8, 4) is 0 Å². The van der Waals surface area contributed by atoms with E-state index in [9.17, 15) is 14.7 Å². The van der Waals surface area contributed by atoms with Gasteiger partial charge in [-0.3, -0.25) is 9.59 Å². The standard InChI is InChI=1S/C23H28N2O3/c1-4-13-24-22(27)20-18-7-5-6-8-19(18)23(28)25(15(2)3)21(20)17-11-9-16(14-26)10-12-17/h5-12,15,20-21,26H,4,13-14H2,1-3H3,(H,24,27)/t20-,21+/m1/s1. The number of aliphatic hydroxyl groups excluding tert-OH is 1. The number of nitrogens with one attached hydrogen (secondary N) is 1. The molecular weight excluding hydrogens is 352 g/mol. The zero-order valence-electron chi connectivity index (χ0n) is 16.7. The van der Waals surface area contributed by atoms with Crippen LogP contribution in [0.1, 0.15) is 66.2 Å². The average Bonchev–Trinajstić information content (AvgIpc) is 2.71. The number of hydrogen-bond donors (Lipinski definition) is 2. The van der Waals surface area contributed by atoms with Crippen molar-refractivity contribution in [2.24, 2.45) is 0 Å². The van der Waals surface area contributed by atoms with E-state index in [1.807, 2.05) is 68.1 Å². The summed E-state index contributed by atoms with van der Waals surface area (Å²) in [4.78, 5) is 28.3. The lowest BCUT2D eigenvalue weighted by atomic mass is 9.78. The Bertz CT molecular complexity index is 845. The lowest BCUT2D eigenvalue weighted by molar-refractivity contribution is -0.124. The molecular formula is C23H28N2O3.